The zero-order valence-corrected chi connectivity index (χ0v) is 13.7. The van der Waals surface area contributed by atoms with Crippen LogP contribution in [0.3, 0.4) is 0 Å². The number of thioether (sulfide) groups is 1. The lowest BCUT2D eigenvalue weighted by Crippen LogP contribution is -2.25. The number of rotatable bonds is 5. The molecule has 1 aromatic rings. The van der Waals surface area contributed by atoms with Gasteiger partial charge >= 0.3 is 0 Å². The molecule has 16 heavy (non-hydrogen) atoms. The largest absolute Gasteiger partial charge is 0.309 e. The van der Waals surface area contributed by atoms with Crippen molar-refractivity contribution in [3.05, 3.63) is 32.7 Å². The Bertz CT molecular complexity index is 344. The van der Waals surface area contributed by atoms with E-state index < -0.39 is 0 Å². The number of benzene rings is 1. The van der Waals surface area contributed by atoms with Gasteiger partial charge in [-0.05, 0) is 30.9 Å². The lowest BCUT2D eigenvalue weighted by Gasteiger charge is -2.18. The predicted molar refractivity (Wildman–Crippen MR) is 81.2 cm³/mol. The predicted octanol–water partition coefficient (Wildman–Crippen LogP) is 4.61. The molecule has 0 aliphatic carbocycles. The lowest BCUT2D eigenvalue weighted by molar-refractivity contribution is 0.574. The highest BCUT2D eigenvalue weighted by molar-refractivity contribution is 9.11. The molecule has 1 rings (SSSR count). The zero-order valence-electron chi connectivity index (χ0n) is 9.76. The fourth-order valence-electron chi connectivity index (χ4n) is 1.39. The van der Waals surface area contributed by atoms with Crippen LogP contribution in [0.4, 0.5) is 0 Å². The summed E-state index contributed by atoms with van der Waals surface area (Å²) >= 11 is 8.95. The van der Waals surface area contributed by atoms with Gasteiger partial charge in [0.2, 0.25) is 0 Å². The van der Waals surface area contributed by atoms with Crippen LogP contribution in [0.2, 0.25) is 0 Å². The first-order valence-electron chi connectivity index (χ1n) is 5.25. The second-order valence-corrected chi connectivity index (χ2v) is 6.89. The van der Waals surface area contributed by atoms with E-state index in [1.54, 1.807) is 0 Å². The molecule has 1 nitrogen and oxygen atoms in total. The summed E-state index contributed by atoms with van der Waals surface area (Å²) in [4.78, 5) is 0. The van der Waals surface area contributed by atoms with Crippen molar-refractivity contribution in [3.8, 4) is 0 Å². The molecule has 1 N–H and O–H groups in total. The van der Waals surface area contributed by atoms with Crippen molar-refractivity contribution in [1.82, 2.24) is 5.32 Å². The van der Waals surface area contributed by atoms with E-state index in [0.29, 0.717) is 11.3 Å². The molecule has 0 heterocycles. The Kier molecular flexibility index (Phi) is 6.40. The average molecular weight is 367 g/mol. The van der Waals surface area contributed by atoms with Crippen LogP contribution in [0.25, 0.3) is 0 Å². The van der Waals surface area contributed by atoms with E-state index in [2.05, 4.69) is 75.5 Å². The molecule has 0 saturated carbocycles. The number of halogens is 2. The van der Waals surface area contributed by atoms with Gasteiger partial charge in [-0.3, -0.25) is 0 Å². The minimum Gasteiger partial charge on any atom is -0.309 e. The smallest absolute Gasteiger partial charge is 0.0303 e. The Hall–Kier alpha value is 0.490. The van der Waals surface area contributed by atoms with Crippen molar-refractivity contribution in [2.45, 2.75) is 25.1 Å². The highest BCUT2D eigenvalue weighted by Crippen LogP contribution is 2.26. The molecule has 2 atom stereocenters. The summed E-state index contributed by atoms with van der Waals surface area (Å²) in [5.74, 6) is 0. The molecule has 0 spiro atoms. The maximum atomic E-state index is 3.60. The van der Waals surface area contributed by atoms with Crippen molar-refractivity contribution < 1.29 is 0 Å². The molecule has 0 fully saturated rings. The normalized spacial score (nSPS) is 14.8. The lowest BCUT2D eigenvalue weighted by atomic mass is 10.1. The third kappa shape index (κ3) is 4.40. The van der Waals surface area contributed by atoms with E-state index in [-0.39, 0.29) is 0 Å². The first-order chi connectivity index (χ1) is 7.54. The van der Waals surface area contributed by atoms with Crippen LogP contribution in [-0.2, 0) is 0 Å². The molecule has 0 aliphatic rings. The van der Waals surface area contributed by atoms with E-state index in [0.717, 1.165) is 15.5 Å². The summed E-state index contributed by atoms with van der Waals surface area (Å²) in [6, 6.07) is 6.69. The second kappa shape index (κ2) is 7.04. The van der Waals surface area contributed by atoms with Crippen LogP contribution < -0.4 is 5.32 Å². The first kappa shape index (κ1) is 14.6. The van der Waals surface area contributed by atoms with Crippen molar-refractivity contribution in [3.63, 3.8) is 0 Å². The number of nitrogens with one attached hydrogen (secondary N) is 1. The number of hydrogen-bond acceptors (Lipinski definition) is 2. The summed E-state index contributed by atoms with van der Waals surface area (Å²) in [7, 11) is 0. The fraction of sp³-hybridized carbons (Fsp3) is 0.500. The minimum absolute atomic E-state index is 0.372. The molecule has 0 radical (unpaired) electrons. The molecule has 0 bridgehead atoms. The quantitative estimate of drug-likeness (QED) is 0.816. The summed E-state index contributed by atoms with van der Waals surface area (Å²) in [6.45, 7) is 5.47. The van der Waals surface area contributed by atoms with E-state index in [9.17, 15) is 0 Å². The zero-order chi connectivity index (χ0) is 12.1. The molecule has 2 unspecified atom stereocenters. The average Bonchev–Trinajstić information content (AvgIpc) is 2.25. The van der Waals surface area contributed by atoms with Crippen LogP contribution in [-0.4, -0.2) is 18.1 Å². The minimum atomic E-state index is 0.372. The maximum absolute atomic E-state index is 3.60. The molecule has 90 valence electrons. The first-order valence-corrected chi connectivity index (χ1v) is 8.13. The third-order valence-electron chi connectivity index (χ3n) is 2.54. The van der Waals surface area contributed by atoms with Gasteiger partial charge in [0.1, 0.15) is 0 Å². The molecular weight excluding hydrogens is 350 g/mol. The van der Waals surface area contributed by atoms with Gasteiger partial charge in [-0.1, -0.05) is 44.8 Å². The summed E-state index contributed by atoms with van der Waals surface area (Å²) < 4.78 is 2.26. The Morgan fingerprint density at radius 1 is 1.31 bits per heavy atom. The molecule has 4 heteroatoms. The molecular formula is C12H17Br2NS. The summed E-state index contributed by atoms with van der Waals surface area (Å²) in [6.07, 6.45) is 2.15. The summed E-state index contributed by atoms with van der Waals surface area (Å²) in [5.41, 5.74) is 1.30. The van der Waals surface area contributed by atoms with Crippen LogP contribution in [0, 0.1) is 0 Å². The monoisotopic (exact) mass is 365 g/mol. The Balaban J connectivity index is 2.62. The van der Waals surface area contributed by atoms with Crippen molar-refractivity contribution >= 4 is 43.6 Å². The van der Waals surface area contributed by atoms with Crippen molar-refractivity contribution in [2.24, 2.45) is 0 Å². The SMILES string of the molecule is CSC(C)CNC(C)c1ccc(Br)cc1Br. The summed E-state index contributed by atoms with van der Waals surface area (Å²) in [5, 5.41) is 4.19. The van der Waals surface area contributed by atoms with Crippen LogP contribution in [0.5, 0.6) is 0 Å². The van der Waals surface area contributed by atoms with Gasteiger partial charge in [-0.15, -0.1) is 0 Å². The third-order valence-corrected chi connectivity index (χ3v) is 4.69. The van der Waals surface area contributed by atoms with Gasteiger partial charge in [0.15, 0.2) is 0 Å². The van der Waals surface area contributed by atoms with Crippen molar-refractivity contribution in [1.29, 1.82) is 0 Å². The fourth-order valence-corrected chi connectivity index (χ4v) is 3.04. The van der Waals surface area contributed by atoms with Crippen LogP contribution in [0.1, 0.15) is 25.5 Å². The Morgan fingerprint density at radius 3 is 2.56 bits per heavy atom. The number of hydrogen-bond donors (Lipinski definition) is 1. The highest BCUT2D eigenvalue weighted by atomic mass is 79.9. The van der Waals surface area contributed by atoms with Crippen molar-refractivity contribution in [2.75, 3.05) is 12.8 Å². The van der Waals surface area contributed by atoms with Gasteiger partial charge in [-0.25, -0.2) is 0 Å². The molecule has 1 aromatic carbocycles. The molecule has 0 amide bonds. The Morgan fingerprint density at radius 2 is 2.00 bits per heavy atom. The van der Waals surface area contributed by atoms with E-state index in [4.69, 9.17) is 0 Å². The van der Waals surface area contributed by atoms with E-state index in [1.807, 2.05) is 11.8 Å². The topological polar surface area (TPSA) is 12.0 Å². The van der Waals surface area contributed by atoms with Gasteiger partial charge in [0, 0.05) is 26.8 Å². The van der Waals surface area contributed by atoms with Crippen LogP contribution in [0.15, 0.2) is 27.1 Å². The second-order valence-electron chi connectivity index (χ2n) is 3.84. The highest BCUT2D eigenvalue weighted by Gasteiger charge is 2.10. The van der Waals surface area contributed by atoms with Gasteiger partial charge in [0.05, 0.1) is 0 Å². The maximum Gasteiger partial charge on any atom is 0.0303 e. The molecule has 0 aliphatic heterocycles. The van der Waals surface area contributed by atoms with Gasteiger partial charge < -0.3 is 5.32 Å². The van der Waals surface area contributed by atoms with Gasteiger partial charge in [-0.2, -0.15) is 11.8 Å². The van der Waals surface area contributed by atoms with Crippen LogP contribution >= 0.6 is 43.6 Å². The molecule has 0 saturated heterocycles. The van der Waals surface area contributed by atoms with E-state index >= 15 is 0 Å². The van der Waals surface area contributed by atoms with E-state index in [1.165, 1.54) is 5.56 Å². The van der Waals surface area contributed by atoms with Gasteiger partial charge in [0.25, 0.3) is 0 Å². The molecule has 0 aromatic heterocycles. The standard InChI is InChI=1S/C12H17Br2NS/c1-8(16-3)7-15-9(2)11-5-4-10(13)6-12(11)14/h4-6,8-9,15H,7H2,1-3H3. The Labute approximate surface area is 119 Å².